The molecule has 2 N–H and O–H groups in total. The van der Waals surface area contributed by atoms with E-state index in [0.717, 1.165) is 0 Å². The number of methoxy groups -OCH3 is 1. The van der Waals surface area contributed by atoms with E-state index in [2.05, 4.69) is 5.32 Å². The predicted octanol–water partition coefficient (Wildman–Crippen LogP) is 4.33. The molecule has 2 rings (SSSR count). The maximum absolute atomic E-state index is 12.5. The molecule has 0 aliphatic carbocycles. The summed E-state index contributed by atoms with van der Waals surface area (Å²) < 4.78 is 10.7. The van der Waals surface area contributed by atoms with E-state index in [1.165, 1.54) is 19.2 Å². The van der Waals surface area contributed by atoms with Crippen molar-refractivity contribution in [1.82, 2.24) is 0 Å². The number of hydrogen-bond donors (Lipinski definition) is 2. The monoisotopic (exact) mass is 377 g/mol. The van der Waals surface area contributed by atoms with E-state index in [-0.39, 0.29) is 22.0 Å². The number of hydrogen-bond acceptors (Lipinski definition) is 4. The van der Waals surface area contributed by atoms with Gasteiger partial charge in [0.15, 0.2) is 5.75 Å². The average molecular weight is 378 g/mol. The van der Waals surface area contributed by atoms with Crippen LogP contribution in [0.2, 0.25) is 5.02 Å². The maximum atomic E-state index is 12.5. The third-order valence-corrected chi connectivity index (χ3v) is 3.72. The van der Waals surface area contributed by atoms with Gasteiger partial charge in [-0.1, -0.05) is 25.4 Å². The first-order valence-electron chi connectivity index (χ1n) is 7.97. The largest absolute Gasteiger partial charge is 0.493 e. The SMILES string of the molecule is COc1c(Cl)cc(C(=O)O)cc1NC(=O)c1ccc(OCC(C)C)cc1. The Morgan fingerprint density at radius 1 is 1.15 bits per heavy atom. The van der Waals surface area contributed by atoms with Gasteiger partial charge in [-0.25, -0.2) is 4.79 Å². The minimum absolute atomic E-state index is 0.0523. The Labute approximate surface area is 156 Å². The Morgan fingerprint density at radius 3 is 2.35 bits per heavy atom. The Kier molecular flexibility index (Phi) is 6.46. The van der Waals surface area contributed by atoms with Crippen LogP contribution in [0.25, 0.3) is 0 Å². The van der Waals surface area contributed by atoms with E-state index in [0.29, 0.717) is 23.8 Å². The van der Waals surface area contributed by atoms with Gasteiger partial charge in [0.2, 0.25) is 0 Å². The molecule has 0 radical (unpaired) electrons. The number of rotatable bonds is 7. The lowest BCUT2D eigenvalue weighted by Gasteiger charge is -2.13. The van der Waals surface area contributed by atoms with Gasteiger partial charge < -0.3 is 19.9 Å². The number of aromatic carboxylic acids is 1. The highest BCUT2D eigenvalue weighted by Gasteiger charge is 2.16. The van der Waals surface area contributed by atoms with Crippen molar-refractivity contribution in [3.05, 3.63) is 52.5 Å². The van der Waals surface area contributed by atoms with E-state index >= 15 is 0 Å². The topological polar surface area (TPSA) is 84.9 Å². The second-order valence-electron chi connectivity index (χ2n) is 6.03. The molecule has 0 unspecified atom stereocenters. The Morgan fingerprint density at radius 2 is 1.81 bits per heavy atom. The number of ether oxygens (including phenoxy) is 2. The molecule has 2 aromatic carbocycles. The van der Waals surface area contributed by atoms with Gasteiger partial charge in [-0.2, -0.15) is 0 Å². The molecule has 6 nitrogen and oxygen atoms in total. The van der Waals surface area contributed by atoms with Crippen LogP contribution in [0.5, 0.6) is 11.5 Å². The fourth-order valence-corrected chi connectivity index (χ4v) is 2.47. The molecule has 0 aliphatic heterocycles. The second-order valence-corrected chi connectivity index (χ2v) is 6.43. The number of nitrogens with one attached hydrogen (secondary N) is 1. The standard InChI is InChI=1S/C19H20ClNO5/c1-11(2)10-26-14-6-4-12(5-7-14)18(22)21-16-9-13(19(23)24)8-15(20)17(16)25-3/h4-9,11H,10H2,1-3H3,(H,21,22)(H,23,24). The summed E-state index contributed by atoms with van der Waals surface area (Å²) in [6.07, 6.45) is 0. The van der Waals surface area contributed by atoms with Gasteiger partial charge in [0.1, 0.15) is 5.75 Å². The van der Waals surface area contributed by atoms with Crippen LogP contribution in [0.3, 0.4) is 0 Å². The van der Waals surface area contributed by atoms with Gasteiger partial charge in [0.05, 0.1) is 30.0 Å². The van der Waals surface area contributed by atoms with Gasteiger partial charge in [-0.15, -0.1) is 0 Å². The lowest BCUT2D eigenvalue weighted by atomic mass is 10.1. The van der Waals surface area contributed by atoms with Crippen molar-refractivity contribution in [3.63, 3.8) is 0 Å². The molecule has 1 amide bonds. The van der Waals surface area contributed by atoms with Crippen molar-refractivity contribution in [2.45, 2.75) is 13.8 Å². The van der Waals surface area contributed by atoms with Gasteiger partial charge in [-0.3, -0.25) is 4.79 Å². The molecule has 0 bridgehead atoms. The number of carboxylic acids is 1. The molecule has 0 heterocycles. The fourth-order valence-electron chi connectivity index (χ4n) is 2.18. The molecule has 0 fully saturated rings. The van der Waals surface area contributed by atoms with Crippen LogP contribution in [0.1, 0.15) is 34.6 Å². The molecule has 0 atom stereocenters. The molecule has 0 aromatic heterocycles. The quantitative estimate of drug-likeness (QED) is 0.750. The minimum Gasteiger partial charge on any atom is -0.493 e. The van der Waals surface area contributed by atoms with Crippen molar-refractivity contribution in [2.75, 3.05) is 19.0 Å². The summed E-state index contributed by atoms with van der Waals surface area (Å²) in [4.78, 5) is 23.6. The van der Waals surface area contributed by atoms with Crippen molar-refractivity contribution in [2.24, 2.45) is 5.92 Å². The number of carboxylic acid groups (broad SMARTS) is 1. The number of amides is 1. The lowest BCUT2D eigenvalue weighted by Crippen LogP contribution is -2.13. The van der Waals surface area contributed by atoms with Crippen LogP contribution < -0.4 is 14.8 Å². The van der Waals surface area contributed by atoms with Crippen LogP contribution in [-0.2, 0) is 0 Å². The first-order chi connectivity index (χ1) is 12.3. The Balaban J connectivity index is 2.20. The van der Waals surface area contributed by atoms with Crippen LogP contribution in [0.15, 0.2) is 36.4 Å². The average Bonchev–Trinajstić information content (AvgIpc) is 2.60. The summed E-state index contributed by atoms with van der Waals surface area (Å²) in [6.45, 7) is 4.68. The summed E-state index contributed by atoms with van der Waals surface area (Å²) in [5.41, 5.74) is 0.520. The molecule has 0 spiro atoms. The van der Waals surface area contributed by atoms with E-state index in [9.17, 15) is 9.59 Å². The van der Waals surface area contributed by atoms with Crippen molar-refractivity contribution in [3.8, 4) is 11.5 Å². The molecule has 0 saturated heterocycles. The number of halogens is 1. The highest BCUT2D eigenvalue weighted by Crippen LogP contribution is 2.34. The molecule has 7 heteroatoms. The van der Waals surface area contributed by atoms with Crippen molar-refractivity contribution >= 4 is 29.2 Å². The zero-order valence-corrected chi connectivity index (χ0v) is 15.5. The zero-order chi connectivity index (χ0) is 19.3. The molecule has 26 heavy (non-hydrogen) atoms. The summed E-state index contributed by atoms with van der Waals surface area (Å²) in [5.74, 6) is -0.309. The minimum atomic E-state index is -1.16. The molecule has 0 saturated carbocycles. The third kappa shape index (κ3) is 4.89. The van der Waals surface area contributed by atoms with Gasteiger partial charge in [0.25, 0.3) is 5.91 Å². The molecule has 138 valence electrons. The van der Waals surface area contributed by atoms with Crippen LogP contribution >= 0.6 is 11.6 Å². The first kappa shape index (κ1) is 19.6. The number of carbonyl (C=O) groups is 2. The van der Waals surface area contributed by atoms with E-state index in [1.807, 2.05) is 13.8 Å². The van der Waals surface area contributed by atoms with Gasteiger partial charge in [-0.05, 0) is 42.3 Å². The zero-order valence-electron chi connectivity index (χ0n) is 14.7. The Hall–Kier alpha value is -2.73. The number of anilines is 1. The van der Waals surface area contributed by atoms with E-state index in [1.54, 1.807) is 24.3 Å². The van der Waals surface area contributed by atoms with E-state index < -0.39 is 11.9 Å². The van der Waals surface area contributed by atoms with Crippen LogP contribution in [0, 0.1) is 5.92 Å². The predicted molar refractivity (Wildman–Crippen MR) is 99.7 cm³/mol. The molecular formula is C19H20ClNO5. The highest BCUT2D eigenvalue weighted by molar-refractivity contribution is 6.33. The fraction of sp³-hybridized carbons (Fsp3) is 0.263. The summed E-state index contributed by atoms with van der Waals surface area (Å²) in [5, 5.41) is 11.9. The highest BCUT2D eigenvalue weighted by atomic mass is 35.5. The second kappa shape index (κ2) is 8.58. The van der Waals surface area contributed by atoms with Crippen LogP contribution in [0.4, 0.5) is 5.69 Å². The first-order valence-corrected chi connectivity index (χ1v) is 8.34. The van der Waals surface area contributed by atoms with Crippen LogP contribution in [-0.4, -0.2) is 30.7 Å². The summed E-state index contributed by atoms with van der Waals surface area (Å²) in [6, 6.07) is 9.22. The van der Waals surface area contributed by atoms with Crippen molar-refractivity contribution < 1.29 is 24.2 Å². The van der Waals surface area contributed by atoms with Crippen molar-refractivity contribution in [1.29, 1.82) is 0 Å². The van der Waals surface area contributed by atoms with E-state index in [4.69, 9.17) is 26.2 Å². The molecule has 2 aromatic rings. The molecular weight excluding hydrogens is 358 g/mol. The van der Waals surface area contributed by atoms with Gasteiger partial charge in [0, 0.05) is 5.56 Å². The maximum Gasteiger partial charge on any atom is 0.335 e. The normalized spacial score (nSPS) is 10.5. The smallest absolute Gasteiger partial charge is 0.335 e. The Bertz CT molecular complexity index is 802. The third-order valence-electron chi connectivity index (χ3n) is 3.44. The summed E-state index contributed by atoms with van der Waals surface area (Å²) >= 11 is 6.03. The number of carbonyl (C=O) groups excluding carboxylic acids is 1. The number of benzene rings is 2. The lowest BCUT2D eigenvalue weighted by molar-refractivity contribution is 0.0696. The molecule has 0 aliphatic rings. The summed E-state index contributed by atoms with van der Waals surface area (Å²) in [7, 11) is 1.39. The van der Waals surface area contributed by atoms with Gasteiger partial charge >= 0.3 is 5.97 Å².